The Morgan fingerprint density at radius 1 is 0.786 bits per heavy atom. The predicted molar refractivity (Wildman–Crippen MR) is 111 cm³/mol. The minimum absolute atomic E-state index is 0.149. The highest BCUT2D eigenvalue weighted by molar-refractivity contribution is 6.06. The quantitative estimate of drug-likeness (QED) is 0.723. The van der Waals surface area contributed by atoms with Crippen LogP contribution in [0.3, 0.4) is 0 Å². The van der Waals surface area contributed by atoms with E-state index in [0.29, 0.717) is 22.3 Å². The number of aryl methyl sites for hydroxylation is 2. The highest BCUT2D eigenvalue weighted by Gasteiger charge is 2.15. The van der Waals surface area contributed by atoms with Crippen molar-refractivity contribution in [2.24, 2.45) is 0 Å². The average Bonchev–Trinajstić information content (AvgIpc) is 2.61. The molecule has 6 heteroatoms. The minimum atomic E-state index is -0.306. The van der Waals surface area contributed by atoms with Gasteiger partial charge < -0.3 is 10.6 Å². The Balaban J connectivity index is 1.75. The van der Waals surface area contributed by atoms with Gasteiger partial charge in [-0.15, -0.1) is 0 Å². The van der Waals surface area contributed by atoms with Crippen LogP contribution in [0.5, 0.6) is 0 Å². The van der Waals surface area contributed by atoms with E-state index in [4.69, 9.17) is 0 Å². The Morgan fingerprint density at radius 3 is 1.96 bits per heavy atom. The van der Waals surface area contributed by atoms with Gasteiger partial charge in [-0.1, -0.05) is 0 Å². The third-order valence-electron chi connectivity index (χ3n) is 4.23. The summed E-state index contributed by atoms with van der Waals surface area (Å²) in [5.41, 5.74) is 4.51. The molecule has 2 N–H and O–H groups in total. The molecule has 3 aromatic rings. The first-order valence-electron chi connectivity index (χ1n) is 9.11. The maximum absolute atomic E-state index is 12.6. The van der Waals surface area contributed by atoms with Crippen LogP contribution in [0.1, 0.15) is 52.9 Å². The summed E-state index contributed by atoms with van der Waals surface area (Å²) in [6, 6.07) is 12.1. The monoisotopic (exact) mass is 376 g/mol. The van der Waals surface area contributed by atoms with Crippen molar-refractivity contribution in [3.8, 4) is 0 Å². The normalized spacial score (nSPS) is 11.3. The predicted octanol–water partition coefficient (Wildman–Crippen LogP) is 4.03. The van der Waals surface area contributed by atoms with E-state index >= 15 is 0 Å². The van der Waals surface area contributed by atoms with Crippen LogP contribution < -0.4 is 10.6 Å². The summed E-state index contributed by atoms with van der Waals surface area (Å²) in [4.78, 5) is 33.7. The van der Waals surface area contributed by atoms with Gasteiger partial charge in [0, 0.05) is 22.4 Å². The van der Waals surface area contributed by atoms with Crippen LogP contribution in [-0.2, 0) is 0 Å². The first kappa shape index (κ1) is 19.5. The van der Waals surface area contributed by atoms with Crippen molar-refractivity contribution < 1.29 is 9.59 Å². The minimum Gasteiger partial charge on any atom is -0.347 e. The van der Waals surface area contributed by atoms with E-state index in [1.54, 1.807) is 42.5 Å². The number of amides is 2. The molecule has 2 amide bonds. The van der Waals surface area contributed by atoms with E-state index in [2.05, 4.69) is 20.6 Å². The molecule has 0 aliphatic rings. The number of benzene rings is 2. The molecule has 0 atom stereocenters. The number of hydrogen-bond donors (Lipinski definition) is 2. The third kappa shape index (κ3) is 4.52. The molecule has 3 rings (SSSR count). The van der Waals surface area contributed by atoms with Gasteiger partial charge in [-0.3, -0.25) is 9.59 Å². The van der Waals surface area contributed by atoms with Crippen molar-refractivity contribution in [3.05, 3.63) is 65.0 Å². The molecule has 0 fully saturated rings. The zero-order valence-corrected chi connectivity index (χ0v) is 16.8. The highest BCUT2D eigenvalue weighted by Crippen LogP contribution is 2.17. The number of nitrogens with one attached hydrogen (secondary N) is 2. The molecule has 6 nitrogen and oxygen atoms in total. The molecule has 0 unspecified atom stereocenters. The number of fused-ring (bicyclic) bond motifs is 1. The van der Waals surface area contributed by atoms with Crippen LogP contribution in [0.15, 0.2) is 42.5 Å². The lowest BCUT2D eigenvalue weighted by molar-refractivity contribution is 0.0919. The molecule has 28 heavy (non-hydrogen) atoms. The standard InChI is InChI=1S/C22H24N4O2/c1-13-14(2)24-19-12-16(8-11-18(19)23-13)20(27)25-17-9-6-15(7-10-17)21(28)26-22(3,4)5/h6-12H,1-5H3,(H,25,27)(H,26,28). The Morgan fingerprint density at radius 2 is 1.36 bits per heavy atom. The van der Waals surface area contributed by atoms with E-state index in [1.165, 1.54) is 0 Å². The topological polar surface area (TPSA) is 84.0 Å². The smallest absolute Gasteiger partial charge is 0.255 e. The van der Waals surface area contributed by atoms with Crippen molar-refractivity contribution in [3.63, 3.8) is 0 Å². The molecule has 0 aliphatic heterocycles. The molecule has 1 heterocycles. The van der Waals surface area contributed by atoms with Gasteiger partial charge in [-0.05, 0) is 77.1 Å². The first-order valence-corrected chi connectivity index (χ1v) is 9.11. The van der Waals surface area contributed by atoms with Gasteiger partial charge in [0.1, 0.15) is 0 Å². The Hall–Kier alpha value is -3.28. The van der Waals surface area contributed by atoms with Gasteiger partial charge in [-0.25, -0.2) is 9.97 Å². The van der Waals surface area contributed by atoms with Gasteiger partial charge in [0.2, 0.25) is 0 Å². The van der Waals surface area contributed by atoms with Crippen molar-refractivity contribution in [2.75, 3.05) is 5.32 Å². The molecular weight excluding hydrogens is 352 g/mol. The lowest BCUT2D eigenvalue weighted by Gasteiger charge is -2.20. The van der Waals surface area contributed by atoms with Crippen LogP contribution >= 0.6 is 0 Å². The summed E-state index contributed by atoms with van der Waals surface area (Å²) in [6.45, 7) is 9.59. The van der Waals surface area contributed by atoms with Gasteiger partial charge in [0.25, 0.3) is 11.8 Å². The van der Waals surface area contributed by atoms with E-state index in [1.807, 2.05) is 34.6 Å². The summed E-state index contributed by atoms with van der Waals surface area (Å²) in [5.74, 6) is -0.391. The molecule has 0 aliphatic carbocycles. The second kappa shape index (κ2) is 7.38. The summed E-state index contributed by atoms with van der Waals surface area (Å²) in [6.07, 6.45) is 0. The maximum Gasteiger partial charge on any atom is 0.255 e. The lowest BCUT2D eigenvalue weighted by atomic mass is 10.1. The van der Waals surface area contributed by atoms with Crippen molar-refractivity contribution in [1.29, 1.82) is 0 Å². The molecule has 2 aromatic carbocycles. The van der Waals surface area contributed by atoms with Gasteiger partial charge in [0.15, 0.2) is 0 Å². The third-order valence-corrected chi connectivity index (χ3v) is 4.23. The molecule has 0 bridgehead atoms. The van der Waals surface area contributed by atoms with E-state index in [-0.39, 0.29) is 17.4 Å². The van der Waals surface area contributed by atoms with Crippen molar-refractivity contribution in [2.45, 2.75) is 40.2 Å². The largest absolute Gasteiger partial charge is 0.347 e. The highest BCUT2D eigenvalue weighted by atomic mass is 16.2. The van der Waals surface area contributed by atoms with Crippen LogP contribution in [0.4, 0.5) is 5.69 Å². The Bertz CT molecular complexity index is 1050. The van der Waals surface area contributed by atoms with Crippen LogP contribution in [-0.4, -0.2) is 27.3 Å². The van der Waals surface area contributed by atoms with Crippen molar-refractivity contribution in [1.82, 2.24) is 15.3 Å². The number of aromatic nitrogens is 2. The Kier molecular flexibility index (Phi) is 5.14. The maximum atomic E-state index is 12.6. The molecule has 1 aromatic heterocycles. The fourth-order valence-corrected chi connectivity index (χ4v) is 2.69. The average molecular weight is 376 g/mol. The van der Waals surface area contributed by atoms with E-state index < -0.39 is 0 Å². The number of nitrogens with zero attached hydrogens (tertiary/aromatic N) is 2. The number of anilines is 1. The molecular formula is C22H24N4O2. The summed E-state index contributed by atoms with van der Waals surface area (Å²) in [5, 5.41) is 5.75. The molecule has 0 radical (unpaired) electrons. The zero-order chi connectivity index (χ0) is 20.5. The molecule has 144 valence electrons. The van der Waals surface area contributed by atoms with Crippen LogP contribution in [0.2, 0.25) is 0 Å². The zero-order valence-electron chi connectivity index (χ0n) is 16.8. The second-order valence-corrected chi connectivity index (χ2v) is 7.83. The van der Waals surface area contributed by atoms with E-state index in [9.17, 15) is 9.59 Å². The van der Waals surface area contributed by atoms with Crippen molar-refractivity contribution >= 4 is 28.5 Å². The molecule has 0 saturated carbocycles. The summed E-state index contributed by atoms with van der Waals surface area (Å²) in [7, 11) is 0. The van der Waals surface area contributed by atoms with Gasteiger partial charge >= 0.3 is 0 Å². The fraction of sp³-hybridized carbons (Fsp3) is 0.273. The SMILES string of the molecule is Cc1nc2ccc(C(=O)Nc3ccc(C(=O)NC(C)(C)C)cc3)cc2nc1C. The number of carbonyl (C=O) groups excluding carboxylic acids is 2. The van der Waals surface area contributed by atoms with Crippen LogP contribution in [0, 0.1) is 13.8 Å². The van der Waals surface area contributed by atoms with E-state index in [0.717, 1.165) is 16.9 Å². The van der Waals surface area contributed by atoms with Gasteiger partial charge in [-0.2, -0.15) is 0 Å². The number of carbonyl (C=O) groups is 2. The number of hydrogen-bond acceptors (Lipinski definition) is 4. The Labute approximate surface area is 164 Å². The molecule has 0 saturated heterocycles. The first-order chi connectivity index (χ1) is 13.1. The fourth-order valence-electron chi connectivity index (χ4n) is 2.69. The van der Waals surface area contributed by atoms with Crippen LogP contribution in [0.25, 0.3) is 11.0 Å². The lowest BCUT2D eigenvalue weighted by Crippen LogP contribution is -2.40. The number of rotatable bonds is 3. The second-order valence-electron chi connectivity index (χ2n) is 7.83. The van der Waals surface area contributed by atoms with Gasteiger partial charge in [0.05, 0.1) is 22.4 Å². The molecule has 0 spiro atoms. The summed E-state index contributed by atoms with van der Waals surface area (Å²) >= 11 is 0. The summed E-state index contributed by atoms with van der Waals surface area (Å²) < 4.78 is 0.